The number of carbonyl (C=O) groups is 2. The van der Waals surface area contributed by atoms with E-state index in [0.29, 0.717) is 27.8 Å². The fourth-order valence-electron chi connectivity index (χ4n) is 3.74. The lowest BCUT2D eigenvalue weighted by Crippen LogP contribution is -2.27. The number of aryl methyl sites for hydroxylation is 1. The van der Waals surface area contributed by atoms with Gasteiger partial charge in [-0.1, -0.05) is 32.5 Å². The number of aromatic nitrogens is 1. The summed E-state index contributed by atoms with van der Waals surface area (Å²) in [6.07, 6.45) is 2.91. The molecule has 0 saturated carbocycles. The van der Waals surface area contributed by atoms with Crippen molar-refractivity contribution in [3.63, 3.8) is 0 Å². The van der Waals surface area contributed by atoms with Gasteiger partial charge in [0.2, 0.25) is 11.8 Å². The summed E-state index contributed by atoms with van der Waals surface area (Å²) in [6.45, 7) is 8.56. The van der Waals surface area contributed by atoms with Crippen molar-refractivity contribution in [2.45, 2.75) is 57.2 Å². The molecule has 2 amide bonds. The Kier molecular flexibility index (Phi) is 6.71. The Bertz CT molecular complexity index is 1040. The van der Waals surface area contributed by atoms with Crippen molar-refractivity contribution >= 4 is 29.3 Å². The fraction of sp³-hybridized carbons (Fsp3) is 0.417. The van der Waals surface area contributed by atoms with Crippen molar-refractivity contribution in [2.75, 3.05) is 5.32 Å². The van der Waals surface area contributed by atoms with E-state index >= 15 is 0 Å². The second-order valence-corrected chi connectivity index (χ2v) is 10.4. The lowest BCUT2D eigenvalue weighted by atomic mass is 9.71. The molecule has 0 saturated heterocycles. The van der Waals surface area contributed by atoms with E-state index in [1.807, 2.05) is 6.07 Å². The van der Waals surface area contributed by atoms with Crippen LogP contribution in [0.15, 0.2) is 35.4 Å². The number of carbonyl (C=O) groups excluding carboxylic acids is 2. The molecule has 1 aromatic carbocycles. The number of benzene rings is 1. The van der Waals surface area contributed by atoms with Crippen LogP contribution in [-0.2, 0) is 17.6 Å². The molecule has 1 aromatic heterocycles. The summed E-state index contributed by atoms with van der Waals surface area (Å²) in [5, 5.41) is 12.6. The van der Waals surface area contributed by atoms with Crippen molar-refractivity contribution in [3.05, 3.63) is 52.7 Å². The number of rotatable bonds is 5. The SMILES string of the molecule is CC(Sc1nc2c(cc1C#N)CC(C(C)(C)C)CC2)C(=O)Nc1ccc(C(N)=O)cc1. The van der Waals surface area contributed by atoms with Gasteiger partial charge in [-0.25, -0.2) is 4.98 Å². The second kappa shape index (κ2) is 9.11. The molecule has 0 bridgehead atoms. The highest BCUT2D eigenvalue weighted by molar-refractivity contribution is 8.00. The Morgan fingerprint density at radius 1 is 1.29 bits per heavy atom. The van der Waals surface area contributed by atoms with Gasteiger partial charge in [0.25, 0.3) is 0 Å². The molecule has 0 fully saturated rings. The van der Waals surface area contributed by atoms with Crippen LogP contribution < -0.4 is 11.1 Å². The molecule has 2 atom stereocenters. The summed E-state index contributed by atoms with van der Waals surface area (Å²) >= 11 is 1.29. The highest BCUT2D eigenvalue weighted by Crippen LogP contribution is 2.38. The smallest absolute Gasteiger partial charge is 0.248 e. The van der Waals surface area contributed by atoms with Gasteiger partial charge in [-0.2, -0.15) is 5.26 Å². The number of amides is 2. The summed E-state index contributed by atoms with van der Waals surface area (Å²) in [5.41, 5.74) is 9.13. The van der Waals surface area contributed by atoms with Crippen LogP contribution in [0.1, 0.15) is 61.3 Å². The largest absolute Gasteiger partial charge is 0.366 e. The molecule has 2 unspecified atom stereocenters. The number of nitrogens with one attached hydrogen (secondary N) is 1. The molecule has 3 N–H and O–H groups in total. The first-order chi connectivity index (χ1) is 14.6. The van der Waals surface area contributed by atoms with Gasteiger partial charge in [0.05, 0.1) is 10.8 Å². The lowest BCUT2D eigenvalue weighted by Gasteiger charge is -2.34. The summed E-state index contributed by atoms with van der Waals surface area (Å²) in [6, 6.07) is 10.6. The molecule has 7 heteroatoms. The molecule has 2 aromatic rings. The molecule has 1 aliphatic carbocycles. The number of anilines is 1. The van der Waals surface area contributed by atoms with Gasteiger partial charge < -0.3 is 11.1 Å². The summed E-state index contributed by atoms with van der Waals surface area (Å²) in [7, 11) is 0. The second-order valence-electron chi connectivity index (χ2n) is 9.06. The van der Waals surface area contributed by atoms with E-state index in [1.54, 1.807) is 31.2 Å². The summed E-state index contributed by atoms with van der Waals surface area (Å²) < 4.78 is 0. The van der Waals surface area contributed by atoms with Crippen molar-refractivity contribution < 1.29 is 9.59 Å². The molecule has 3 rings (SSSR count). The van der Waals surface area contributed by atoms with Crippen molar-refractivity contribution in [1.82, 2.24) is 4.98 Å². The van der Waals surface area contributed by atoms with Crippen LogP contribution in [0.5, 0.6) is 0 Å². The van der Waals surface area contributed by atoms with Crippen molar-refractivity contribution in [3.8, 4) is 6.07 Å². The normalized spacial score (nSPS) is 16.7. The maximum Gasteiger partial charge on any atom is 0.248 e. The van der Waals surface area contributed by atoms with E-state index in [0.717, 1.165) is 30.5 Å². The number of nitriles is 1. The van der Waals surface area contributed by atoms with Crippen LogP contribution >= 0.6 is 11.8 Å². The van der Waals surface area contributed by atoms with Gasteiger partial charge in [-0.15, -0.1) is 0 Å². The molecular formula is C24H28N4O2S. The van der Waals surface area contributed by atoms with Crippen LogP contribution in [0.25, 0.3) is 0 Å². The Labute approximate surface area is 187 Å². The van der Waals surface area contributed by atoms with Crippen LogP contribution in [0.4, 0.5) is 5.69 Å². The van der Waals surface area contributed by atoms with Gasteiger partial charge in [-0.3, -0.25) is 9.59 Å². The molecule has 0 aliphatic heterocycles. The molecule has 31 heavy (non-hydrogen) atoms. The first-order valence-electron chi connectivity index (χ1n) is 10.4. The number of nitrogens with zero attached hydrogens (tertiary/aromatic N) is 2. The number of nitrogens with two attached hydrogens (primary N) is 1. The van der Waals surface area contributed by atoms with E-state index in [4.69, 9.17) is 10.7 Å². The van der Waals surface area contributed by atoms with Crippen molar-refractivity contribution in [1.29, 1.82) is 5.26 Å². The van der Waals surface area contributed by atoms with E-state index in [1.165, 1.54) is 11.8 Å². The molecule has 6 nitrogen and oxygen atoms in total. The molecular weight excluding hydrogens is 408 g/mol. The number of pyridine rings is 1. The zero-order chi connectivity index (χ0) is 22.8. The first-order valence-corrected chi connectivity index (χ1v) is 11.3. The van der Waals surface area contributed by atoms with Gasteiger partial charge in [0, 0.05) is 16.9 Å². The average molecular weight is 437 g/mol. The molecule has 162 valence electrons. The third-order valence-corrected chi connectivity index (χ3v) is 6.89. The Morgan fingerprint density at radius 3 is 2.55 bits per heavy atom. The topological polar surface area (TPSA) is 109 Å². The number of thioether (sulfide) groups is 1. The zero-order valence-corrected chi connectivity index (χ0v) is 19.2. The monoisotopic (exact) mass is 436 g/mol. The molecule has 1 heterocycles. The minimum atomic E-state index is -0.516. The predicted molar refractivity (Wildman–Crippen MR) is 123 cm³/mol. The lowest BCUT2D eigenvalue weighted by molar-refractivity contribution is -0.115. The molecule has 0 radical (unpaired) electrons. The molecule has 1 aliphatic rings. The van der Waals surface area contributed by atoms with Gasteiger partial charge >= 0.3 is 0 Å². The first kappa shape index (κ1) is 22.8. The van der Waals surface area contributed by atoms with Gasteiger partial charge in [-0.05, 0) is 73.4 Å². The third-order valence-electron chi connectivity index (χ3n) is 5.79. The number of fused-ring (bicyclic) bond motifs is 1. The average Bonchev–Trinajstić information content (AvgIpc) is 2.72. The third kappa shape index (κ3) is 5.45. The Balaban J connectivity index is 1.72. The standard InChI is InChI=1S/C24H28N4O2S/c1-14(22(30)27-19-8-5-15(6-9-19)21(26)29)31-23-17(13-25)11-16-12-18(24(2,3)4)7-10-20(16)28-23/h5-6,8-9,11,14,18H,7,10,12H2,1-4H3,(H2,26,29)(H,27,30). The Morgan fingerprint density at radius 2 is 1.97 bits per heavy atom. The van der Waals surface area contributed by atoms with Crippen LogP contribution in [-0.4, -0.2) is 22.0 Å². The highest BCUT2D eigenvalue weighted by Gasteiger charge is 2.30. The number of hydrogen-bond acceptors (Lipinski definition) is 5. The maximum absolute atomic E-state index is 12.6. The van der Waals surface area contributed by atoms with E-state index < -0.39 is 11.2 Å². The van der Waals surface area contributed by atoms with E-state index in [2.05, 4.69) is 32.2 Å². The van der Waals surface area contributed by atoms with E-state index in [-0.39, 0.29) is 11.3 Å². The van der Waals surface area contributed by atoms with Gasteiger partial charge in [0.1, 0.15) is 11.1 Å². The fourth-order valence-corrected chi connectivity index (χ4v) is 4.63. The zero-order valence-electron chi connectivity index (χ0n) is 18.4. The highest BCUT2D eigenvalue weighted by atomic mass is 32.2. The number of hydrogen-bond donors (Lipinski definition) is 2. The summed E-state index contributed by atoms with van der Waals surface area (Å²) in [4.78, 5) is 28.6. The number of primary amides is 1. The predicted octanol–water partition coefficient (Wildman–Crippen LogP) is 4.32. The maximum atomic E-state index is 12.6. The van der Waals surface area contributed by atoms with Crippen molar-refractivity contribution in [2.24, 2.45) is 17.1 Å². The van der Waals surface area contributed by atoms with Crippen LogP contribution in [0.2, 0.25) is 0 Å². The van der Waals surface area contributed by atoms with Crippen LogP contribution in [0, 0.1) is 22.7 Å². The van der Waals surface area contributed by atoms with E-state index in [9.17, 15) is 14.9 Å². The molecule has 0 spiro atoms. The minimum Gasteiger partial charge on any atom is -0.366 e. The van der Waals surface area contributed by atoms with Crippen LogP contribution in [0.3, 0.4) is 0 Å². The summed E-state index contributed by atoms with van der Waals surface area (Å²) in [5.74, 6) is -0.149. The Hall–Kier alpha value is -2.85. The minimum absolute atomic E-state index is 0.201. The van der Waals surface area contributed by atoms with Gasteiger partial charge in [0.15, 0.2) is 0 Å². The quantitative estimate of drug-likeness (QED) is 0.678.